The monoisotopic (exact) mass is 232 g/mol. The predicted molar refractivity (Wildman–Crippen MR) is 73.1 cm³/mol. The van der Waals surface area contributed by atoms with E-state index in [1.807, 2.05) is 0 Å². The molecule has 0 fully saturated rings. The third-order valence-electron chi connectivity index (χ3n) is 3.62. The maximum absolute atomic E-state index is 4.34. The zero-order valence-corrected chi connectivity index (χ0v) is 11.0. The molecule has 16 heavy (non-hydrogen) atoms. The Balaban J connectivity index is 2.24. The number of thiol groups is 1. The maximum atomic E-state index is 4.34. The van der Waals surface area contributed by atoms with Crippen LogP contribution in [0.5, 0.6) is 0 Å². The highest BCUT2D eigenvalue weighted by Crippen LogP contribution is 2.34. The lowest BCUT2D eigenvalue weighted by Crippen LogP contribution is -2.06. The van der Waals surface area contributed by atoms with Crippen molar-refractivity contribution >= 4 is 12.6 Å². The van der Waals surface area contributed by atoms with Gasteiger partial charge in [0.15, 0.2) is 0 Å². The molecule has 0 bridgehead atoms. The Morgan fingerprint density at radius 1 is 1.00 bits per heavy atom. The summed E-state index contributed by atoms with van der Waals surface area (Å²) in [6, 6.07) is 8.61. The van der Waals surface area contributed by atoms with Crippen LogP contribution in [-0.2, 0) is 0 Å². The van der Waals surface area contributed by atoms with Crippen LogP contribution in [0, 0.1) is 11.8 Å². The molecule has 0 heterocycles. The van der Waals surface area contributed by atoms with E-state index in [4.69, 9.17) is 0 Å². The van der Waals surface area contributed by atoms with Crippen LogP contribution >= 0.6 is 12.6 Å². The first-order valence-electron chi connectivity index (χ1n) is 6.14. The van der Waals surface area contributed by atoms with Gasteiger partial charge in [-0.05, 0) is 42.4 Å². The van der Waals surface area contributed by atoms with Crippen molar-refractivity contribution in [1.82, 2.24) is 0 Å². The molecule has 2 rings (SSSR count). The van der Waals surface area contributed by atoms with Gasteiger partial charge in [-0.2, -0.15) is 0 Å². The molecule has 0 saturated heterocycles. The Morgan fingerprint density at radius 2 is 1.69 bits per heavy atom. The first kappa shape index (κ1) is 11.8. The highest BCUT2D eigenvalue weighted by Gasteiger charge is 2.19. The summed E-state index contributed by atoms with van der Waals surface area (Å²) in [6.07, 6.45) is 7.42. The van der Waals surface area contributed by atoms with E-state index in [-0.39, 0.29) is 0 Å². The van der Waals surface area contributed by atoms with Crippen LogP contribution in [0.2, 0.25) is 0 Å². The molecule has 0 aromatic heterocycles. The summed E-state index contributed by atoms with van der Waals surface area (Å²) in [4.78, 5) is 1.04. The van der Waals surface area contributed by atoms with E-state index in [9.17, 15) is 0 Å². The zero-order chi connectivity index (χ0) is 11.5. The smallest absolute Gasteiger partial charge is 0.00437 e. The number of hydrogen-bond donors (Lipinski definition) is 1. The summed E-state index contributed by atoms with van der Waals surface area (Å²) in [5, 5.41) is 0. The number of benzene rings is 1. The molecule has 86 valence electrons. The van der Waals surface area contributed by atoms with Crippen LogP contribution in [0.3, 0.4) is 0 Å². The fourth-order valence-electron chi connectivity index (χ4n) is 2.44. The largest absolute Gasteiger partial charge is 0.143 e. The Kier molecular flexibility index (Phi) is 3.75. The van der Waals surface area contributed by atoms with Crippen LogP contribution in [0.4, 0.5) is 0 Å². The molecule has 1 aromatic carbocycles. The van der Waals surface area contributed by atoms with E-state index in [2.05, 4.69) is 62.9 Å². The summed E-state index contributed by atoms with van der Waals surface area (Å²) < 4.78 is 0. The molecular weight excluding hydrogens is 212 g/mol. The number of allylic oxidation sites excluding steroid dienone is 2. The lowest BCUT2D eigenvalue weighted by Gasteiger charge is -2.19. The minimum Gasteiger partial charge on any atom is -0.143 e. The first-order chi connectivity index (χ1) is 7.66. The van der Waals surface area contributed by atoms with Gasteiger partial charge in [-0.15, -0.1) is 12.6 Å². The van der Waals surface area contributed by atoms with Crippen molar-refractivity contribution in [2.45, 2.75) is 37.5 Å². The van der Waals surface area contributed by atoms with Crippen LogP contribution in [0.25, 0.3) is 0 Å². The molecule has 0 spiro atoms. The van der Waals surface area contributed by atoms with Gasteiger partial charge in [0.1, 0.15) is 0 Å². The minimum atomic E-state index is 0.582. The van der Waals surface area contributed by atoms with Gasteiger partial charge in [0.05, 0.1) is 0 Å². The van der Waals surface area contributed by atoms with E-state index in [1.54, 1.807) is 0 Å². The molecule has 0 saturated carbocycles. The standard InChI is InChI=1S/C15H20S/c1-11-3-5-12(2)15(10-4-11)13-6-8-14(16)9-7-13/h4,6-12,15-16H,3,5H2,1-2H3. The minimum absolute atomic E-state index is 0.582. The van der Waals surface area contributed by atoms with Crippen molar-refractivity contribution in [1.29, 1.82) is 0 Å². The quantitative estimate of drug-likeness (QED) is 0.527. The van der Waals surface area contributed by atoms with Crippen molar-refractivity contribution < 1.29 is 0 Å². The second kappa shape index (κ2) is 5.09. The number of hydrogen-bond acceptors (Lipinski definition) is 1. The molecule has 0 N–H and O–H groups in total. The summed E-state index contributed by atoms with van der Waals surface area (Å²) >= 11 is 4.34. The maximum Gasteiger partial charge on any atom is 0.00437 e. The molecule has 1 heteroatoms. The van der Waals surface area contributed by atoms with Gasteiger partial charge >= 0.3 is 0 Å². The van der Waals surface area contributed by atoms with Gasteiger partial charge in [-0.1, -0.05) is 38.1 Å². The van der Waals surface area contributed by atoms with E-state index in [1.165, 1.54) is 18.4 Å². The molecule has 0 nitrogen and oxygen atoms in total. The Bertz CT molecular complexity index is 364. The van der Waals surface area contributed by atoms with Crippen LogP contribution in [0.15, 0.2) is 41.3 Å². The molecule has 3 atom stereocenters. The third-order valence-corrected chi connectivity index (χ3v) is 3.91. The number of rotatable bonds is 1. The van der Waals surface area contributed by atoms with E-state index >= 15 is 0 Å². The predicted octanol–water partition coefficient (Wildman–Crippen LogP) is 4.68. The first-order valence-corrected chi connectivity index (χ1v) is 6.59. The van der Waals surface area contributed by atoms with Gasteiger partial charge < -0.3 is 0 Å². The summed E-state index contributed by atoms with van der Waals surface area (Å²) in [6.45, 7) is 4.67. The molecular formula is C15H20S. The zero-order valence-electron chi connectivity index (χ0n) is 10.1. The highest BCUT2D eigenvalue weighted by atomic mass is 32.1. The van der Waals surface area contributed by atoms with Crippen molar-refractivity contribution in [3.63, 3.8) is 0 Å². The topological polar surface area (TPSA) is 0 Å². The Labute approximate surface area is 104 Å². The molecule has 1 aliphatic rings. The van der Waals surface area contributed by atoms with Crippen LogP contribution in [-0.4, -0.2) is 0 Å². The summed E-state index contributed by atoms with van der Waals surface area (Å²) in [5.74, 6) is 2.06. The molecule has 1 aromatic rings. The summed E-state index contributed by atoms with van der Waals surface area (Å²) in [7, 11) is 0. The van der Waals surface area contributed by atoms with Gasteiger partial charge in [0.25, 0.3) is 0 Å². The molecule has 0 aliphatic heterocycles. The van der Waals surface area contributed by atoms with Gasteiger partial charge in [0.2, 0.25) is 0 Å². The highest BCUT2D eigenvalue weighted by molar-refractivity contribution is 7.80. The van der Waals surface area contributed by atoms with Gasteiger partial charge in [-0.25, -0.2) is 0 Å². The SMILES string of the molecule is CC1C=CC(c2ccc(S)cc2)C(C)CC1. The third kappa shape index (κ3) is 2.70. The second-order valence-corrected chi connectivity index (χ2v) is 5.55. The van der Waals surface area contributed by atoms with E-state index in [0.717, 1.165) is 16.7 Å². The lowest BCUT2D eigenvalue weighted by molar-refractivity contribution is 0.455. The van der Waals surface area contributed by atoms with Crippen molar-refractivity contribution in [2.75, 3.05) is 0 Å². The normalized spacial score (nSPS) is 30.1. The van der Waals surface area contributed by atoms with Crippen LogP contribution < -0.4 is 0 Å². The lowest BCUT2D eigenvalue weighted by atomic mass is 9.85. The fraction of sp³-hybridized carbons (Fsp3) is 0.467. The van der Waals surface area contributed by atoms with Crippen molar-refractivity contribution in [2.24, 2.45) is 11.8 Å². The average Bonchev–Trinajstić information content (AvgIpc) is 2.44. The average molecular weight is 232 g/mol. The molecule has 0 amide bonds. The summed E-state index contributed by atoms with van der Waals surface area (Å²) in [5.41, 5.74) is 1.43. The molecule has 0 radical (unpaired) electrons. The van der Waals surface area contributed by atoms with Gasteiger partial charge in [-0.3, -0.25) is 0 Å². The van der Waals surface area contributed by atoms with Gasteiger partial charge in [0, 0.05) is 10.8 Å². The van der Waals surface area contributed by atoms with E-state index in [0.29, 0.717) is 5.92 Å². The molecule has 1 aliphatic carbocycles. The second-order valence-electron chi connectivity index (χ2n) is 5.03. The Hall–Kier alpha value is -0.690. The molecule has 3 unspecified atom stereocenters. The Morgan fingerprint density at radius 3 is 2.38 bits per heavy atom. The van der Waals surface area contributed by atoms with Crippen molar-refractivity contribution in [3.05, 3.63) is 42.0 Å². The van der Waals surface area contributed by atoms with E-state index < -0.39 is 0 Å². The van der Waals surface area contributed by atoms with Crippen LogP contribution in [0.1, 0.15) is 38.2 Å². The fourth-order valence-corrected chi connectivity index (χ4v) is 2.59. The van der Waals surface area contributed by atoms with Crippen molar-refractivity contribution in [3.8, 4) is 0 Å².